The van der Waals surface area contributed by atoms with E-state index in [4.69, 9.17) is 0 Å². The van der Waals surface area contributed by atoms with Crippen LogP contribution in [0, 0.1) is 5.92 Å². The van der Waals surface area contributed by atoms with Crippen molar-refractivity contribution in [1.29, 1.82) is 0 Å². The Morgan fingerprint density at radius 3 is 2.58 bits per heavy atom. The second-order valence-corrected chi connectivity index (χ2v) is 10.00. The van der Waals surface area contributed by atoms with Crippen LogP contribution in [0.1, 0.15) is 31.7 Å². The van der Waals surface area contributed by atoms with E-state index < -0.39 is 15.9 Å². The number of sulfonamides is 1. The van der Waals surface area contributed by atoms with Gasteiger partial charge in [-0.05, 0) is 55.2 Å². The third-order valence-corrected chi connectivity index (χ3v) is 7.83. The number of carbonyl (C=O) groups is 2. The average molecular weight is 442 g/mol. The first-order valence-electron chi connectivity index (χ1n) is 10.7. The Bertz CT molecular complexity index is 1090. The quantitative estimate of drug-likeness (QED) is 0.747. The SMILES string of the molecule is CCc1cccc(N2CC(C(=O)Nc3cccc(S(=O)(=O)N4CCCC4)c3)CC2=O)c1. The maximum atomic E-state index is 12.8. The standard InChI is InChI=1S/C23H27N3O4S/c1-2-17-7-5-9-20(13-17)26-16-18(14-22(26)27)23(28)24-19-8-6-10-21(15-19)31(29,30)25-11-3-4-12-25/h5-10,13,15,18H,2-4,11-12,14,16H2,1H3,(H,24,28). The first-order chi connectivity index (χ1) is 14.9. The van der Waals surface area contributed by atoms with Gasteiger partial charge >= 0.3 is 0 Å². The summed E-state index contributed by atoms with van der Waals surface area (Å²) in [6.45, 7) is 3.42. The molecule has 164 valence electrons. The molecule has 0 aromatic heterocycles. The van der Waals surface area contributed by atoms with Crippen LogP contribution in [0.4, 0.5) is 11.4 Å². The number of aryl methyl sites for hydroxylation is 1. The van der Waals surface area contributed by atoms with E-state index >= 15 is 0 Å². The Labute approximate surface area is 183 Å². The summed E-state index contributed by atoms with van der Waals surface area (Å²) in [6, 6.07) is 14.1. The van der Waals surface area contributed by atoms with Crippen molar-refractivity contribution in [1.82, 2.24) is 4.31 Å². The zero-order valence-corrected chi connectivity index (χ0v) is 18.4. The molecule has 0 saturated carbocycles. The van der Waals surface area contributed by atoms with Crippen LogP contribution in [0.2, 0.25) is 0 Å². The molecule has 1 N–H and O–H groups in total. The van der Waals surface area contributed by atoms with Crippen LogP contribution >= 0.6 is 0 Å². The van der Waals surface area contributed by atoms with Crippen LogP contribution in [0.5, 0.6) is 0 Å². The maximum absolute atomic E-state index is 12.8. The predicted molar refractivity (Wildman–Crippen MR) is 119 cm³/mol. The topological polar surface area (TPSA) is 86.8 Å². The lowest BCUT2D eigenvalue weighted by Gasteiger charge is -2.18. The minimum Gasteiger partial charge on any atom is -0.326 e. The highest BCUT2D eigenvalue weighted by Gasteiger charge is 2.35. The predicted octanol–water partition coefficient (Wildman–Crippen LogP) is 3.03. The first-order valence-corrected chi connectivity index (χ1v) is 12.1. The molecule has 31 heavy (non-hydrogen) atoms. The van der Waals surface area contributed by atoms with E-state index in [1.54, 1.807) is 23.1 Å². The number of hydrogen-bond donors (Lipinski definition) is 1. The third-order valence-electron chi connectivity index (χ3n) is 5.93. The van der Waals surface area contributed by atoms with Crippen molar-refractivity contribution in [2.75, 3.05) is 29.9 Å². The molecule has 2 fully saturated rings. The number of nitrogens with one attached hydrogen (secondary N) is 1. The Morgan fingerprint density at radius 1 is 1.10 bits per heavy atom. The van der Waals surface area contributed by atoms with Crippen molar-refractivity contribution in [2.24, 2.45) is 5.92 Å². The third kappa shape index (κ3) is 4.50. The van der Waals surface area contributed by atoms with Crippen LogP contribution in [-0.4, -0.2) is 44.2 Å². The van der Waals surface area contributed by atoms with E-state index in [0.717, 1.165) is 30.5 Å². The Kier molecular flexibility index (Phi) is 6.11. The van der Waals surface area contributed by atoms with E-state index in [-0.39, 0.29) is 23.1 Å². The molecular formula is C23H27N3O4S. The van der Waals surface area contributed by atoms with Gasteiger partial charge in [-0.15, -0.1) is 0 Å². The van der Waals surface area contributed by atoms with Gasteiger partial charge in [-0.3, -0.25) is 9.59 Å². The summed E-state index contributed by atoms with van der Waals surface area (Å²) in [5.41, 5.74) is 2.36. The molecule has 1 atom stereocenters. The molecule has 0 aliphatic carbocycles. The second kappa shape index (κ2) is 8.80. The lowest BCUT2D eigenvalue weighted by atomic mass is 10.1. The summed E-state index contributed by atoms with van der Waals surface area (Å²) in [4.78, 5) is 27.2. The highest BCUT2D eigenvalue weighted by atomic mass is 32.2. The van der Waals surface area contributed by atoms with Gasteiger partial charge in [0.2, 0.25) is 21.8 Å². The van der Waals surface area contributed by atoms with Crippen molar-refractivity contribution in [3.63, 3.8) is 0 Å². The summed E-state index contributed by atoms with van der Waals surface area (Å²) < 4.78 is 27.0. The molecule has 2 heterocycles. The minimum absolute atomic E-state index is 0.0845. The molecule has 7 nitrogen and oxygen atoms in total. The number of carbonyl (C=O) groups excluding carboxylic acids is 2. The van der Waals surface area contributed by atoms with E-state index in [1.807, 2.05) is 24.3 Å². The van der Waals surface area contributed by atoms with Gasteiger partial charge in [0, 0.05) is 37.4 Å². The van der Waals surface area contributed by atoms with Crippen molar-refractivity contribution in [3.05, 3.63) is 54.1 Å². The van der Waals surface area contributed by atoms with Crippen LogP contribution in [0.25, 0.3) is 0 Å². The fourth-order valence-corrected chi connectivity index (χ4v) is 5.70. The van der Waals surface area contributed by atoms with E-state index in [0.29, 0.717) is 25.3 Å². The van der Waals surface area contributed by atoms with Crippen molar-refractivity contribution in [3.8, 4) is 0 Å². The Morgan fingerprint density at radius 2 is 1.84 bits per heavy atom. The second-order valence-electron chi connectivity index (χ2n) is 8.06. The fraction of sp³-hybridized carbons (Fsp3) is 0.391. The maximum Gasteiger partial charge on any atom is 0.243 e. The zero-order chi connectivity index (χ0) is 22.0. The van der Waals surface area contributed by atoms with Gasteiger partial charge in [0.1, 0.15) is 0 Å². The number of anilines is 2. The average Bonchev–Trinajstić information content (AvgIpc) is 3.44. The molecule has 2 aromatic rings. The zero-order valence-electron chi connectivity index (χ0n) is 17.6. The Balaban J connectivity index is 1.46. The molecule has 4 rings (SSSR count). The summed E-state index contributed by atoms with van der Waals surface area (Å²) in [5.74, 6) is -0.853. The van der Waals surface area contributed by atoms with E-state index in [1.165, 1.54) is 10.4 Å². The number of amides is 2. The molecule has 2 saturated heterocycles. The highest BCUT2D eigenvalue weighted by molar-refractivity contribution is 7.89. The number of benzene rings is 2. The molecule has 1 unspecified atom stereocenters. The fourth-order valence-electron chi connectivity index (χ4n) is 4.13. The van der Waals surface area contributed by atoms with Crippen molar-refractivity contribution >= 4 is 33.2 Å². The summed E-state index contributed by atoms with van der Waals surface area (Å²) in [6.07, 6.45) is 2.73. The monoisotopic (exact) mass is 441 g/mol. The molecule has 2 amide bonds. The van der Waals surface area contributed by atoms with Gasteiger partial charge in [-0.1, -0.05) is 25.1 Å². The molecule has 2 aliphatic heterocycles. The van der Waals surface area contributed by atoms with Crippen LogP contribution in [-0.2, 0) is 26.0 Å². The molecule has 8 heteroatoms. The van der Waals surface area contributed by atoms with E-state index in [2.05, 4.69) is 12.2 Å². The lowest BCUT2D eigenvalue weighted by Crippen LogP contribution is -2.29. The Hall–Kier alpha value is -2.71. The molecule has 2 aromatic carbocycles. The lowest BCUT2D eigenvalue weighted by molar-refractivity contribution is -0.122. The van der Waals surface area contributed by atoms with Crippen LogP contribution in [0.3, 0.4) is 0 Å². The van der Waals surface area contributed by atoms with Gasteiger partial charge < -0.3 is 10.2 Å². The summed E-state index contributed by atoms with van der Waals surface area (Å²) >= 11 is 0. The van der Waals surface area contributed by atoms with Gasteiger partial charge in [-0.25, -0.2) is 8.42 Å². The molecule has 0 bridgehead atoms. The van der Waals surface area contributed by atoms with Gasteiger partial charge in [0.25, 0.3) is 0 Å². The molecular weight excluding hydrogens is 414 g/mol. The minimum atomic E-state index is -3.56. The van der Waals surface area contributed by atoms with Crippen LogP contribution < -0.4 is 10.2 Å². The molecule has 0 radical (unpaired) electrons. The molecule has 2 aliphatic rings. The van der Waals surface area contributed by atoms with Crippen molar-refractivity contribution in [2.45, 2.75) is 37.5 Å². The van der Waals surface area contributed by atoms with Gasteiger partial charge in [0.15, 0.2) is 0 Å². The van der Waals surface area contributed by atoms with Gasteiger partial charge in [0.05, 0.1) is 10.8 Å². The van der Waals surface area contributed by atoms with Gasteiger partial charge in [-0.2, -0.15) is 4.31 Å². The number of nitrogens with zero attached hydrogens (tertiary/aromatic N) is 2. The van der Waals surface area contributed by atoms with Crippen LogP contribution in [0.15, 0.2) is 53.4 Å². The van der Waals surface area contributed by atoms with E-state index in [9.17, 15) is 18.0 Å². The first kappa shape index (κ1) is 21.5. The number of rotatable bonds is 6. The summed E-state index contributed by atoms with van der Waals surface area (Å²) in [7, 11) is -3.56. The smallest absolute Gasteiger partial charge is 0.243 e. The largest absolute Gasteiger partial charge is 0.326 e. The molecule has 0 spiro atoms. The number of hydrogen-bond acceptors (Lipinski definition) is 4. The summed E-state index contributed by atoms with van der Waals surface area (Å²) in [5, 5.41) is 2.80. The highest BCUT2D eigenvalue weighted by Crippen LogP contribution is 2.28. The van der Waals surface area contributed by atoms with Crippen molar-refractivity contribution < 1.29 is 18.0 Å². The normalized spacial score (nSPS) is 19.7.